The first-order valence-corrected chi connectivity index (χ1v) is 11.4. The number of rotatable bonds is 5. The third-order valence-corrected chi connectivity index (χ3v) is 6.40. The molecule has 5 rings (SSSR count). The average Bonchev–Trinajstić information content (AvgIpc) is 3.02. The molecule has 0 amide bonds. The van der Waals surface area contributed by atoms with E-state index in [4.69, 9.17) is 9.47 Å². The molecule has 0 radical (unpaired) electrons. The van der Waals surface area contributed by atoms with Gasteiger partial charge >= 0.3 is 0 Å². The van der Waals surface area contributed by atoms with Gasteiger partial charge in [-0.2, -0.15) is 0 Å². The number of methoxy groups -OCH3 is 1. The van der Waals surface area contributed by atoms with E-state index >= 15 is 0 Å². The fraction of sp³-hybridized carbons (Fsp3) is 0.250. The molecule has 168 valence electrons. The molecule has 2 unspecified atom stereocenters. The number of hydrogen-bond donors (Lipinski definition) is 2. The van der Waals surface area contributed by atoms with Gasteiger partial charge in [0.05, 0.1) is 31.1 Å². The van der Waals surface area contributed by atoms with Crippen molar-refractivity contribution in [3.8, 4) is 11.5 Å². The third-order valence-electron chi connectivity index (χ3n) is 6.40. The van der Waals surface area contributed by atoms with Crippen molar-refractivity contribution >= 4 is 17.2 Å². The van der Waals surface area contributed by atoms with Crippen LogP contribution in [0.25, 0.3) is 0 Å². The lowest BCUT2D eigenvalue weighted by atomic mass is 9.78. The number of benzene rings is 3. The molecule has 1 aliphatic carbocycles. The first-order valence-electron chi connectivity index (χ1n) is 11.4. The van der Waals surface area contributed by atoms with E-state index in [1.165, 1.54) is 0 Å². The van der Waals surface area contributed by atoms with Gasteiger partial charge in [0.15, 0.2) is 17.3 Å². The van der Waals surface area contributed by atoms with Crippen molar-refractivity contribution in [2.45, 2.75) is 31.7 Å². The van der Waals surface area contributed by atoms with Crippen molar-refractivity contribution in [1.82, 2.24) is 0 Å². The smallest absolute Gasteiger partial charge is 0.163 e. The standard InChI is InChI=1S/C28H28N2O3/c1-3-33-25-14-13-19(17-26(25)32-2)20-15-23-27(24(31)16-20)28(18-9-5-4-6-10-18)30-22-12-8-7-11-21(22)29-23/h4-14,17,20,28-30H,3,15-16H2,1-2H3. The molecule has 2 aliphatic rings. The Balaban J connectivity index is 1.55. The summed E-state index contributed by atoms with van der Waals surface area (Å²) in [5.74, 6) is 1.65. The van der Waals surface area contributed by atoms with Crippen LogP contribution in [0.5, 0.6) is 11.5 Å². The summed E-state index contributed by atoms with van der Waals surface area (Å²) in [6.45, 7) is 2.53. The number of hydrogen-bond acceptors (Lipinski definition) is 5. The summed E-state index contributed by atoms with van der Waals surface area (Å²) in [7, 11) is 1.65. The second-order valence-corrected chi connectivity index (χ2v) is 8.42. The SMILES string of the molecule is CCOc1ccc(C2CC(=O)C3=C(C2)Nc2ccccc2NC3c2ccccc2)cc1OC. The Bertz CT molecular complexity index is 1200. The summed E-state index contributed by atoms with van der Waals surface area (Å²) in [5, 5.41) is 7.21. The third kappa shape index (κ3) is 4.07. The summed E-state index contributed by atoms with van der Waals surface area (Å²) in [5.41, 5.74) is 5.95. The van der Waals surface area contributed by atoms with Gasteiger partial charge in [-0.1, -0.05) is 48.5 Å². The highest BCUT2D eigenvalue weighted by atomic mass is 16.5. The quantitative estimate of drug-likeness (QED) is 0.504. The van der Waals surface area contributed by atoms with Crippen LogP contribution in [-0.4, -0.2) is 19.5 Å². The molecule has 33 heavy (non-hydrogen) atoms. The van der Waals surface area contributed by atoms with Crippen molar-refractivity contribution in [2.75, 3.05) is 24.4 Å². The first-order chi connectivity index (χ1) is 16.2. The van der Waals surface area contributed by atoms with Gasteiger partial charge in [0.2, 0.25) is 0 Å². The van der Waals surface area contributed by atoms with Crippen LogP contribution in [0.2, 0.25) is 0 Å². The second-order valence-electron chi connectivity index (χ2n) is 8.42. The van der Waals surface area contributed by atoms with Gasteiger partial charge in [-0.25, -0.2) is 0 Å². The maximum atomic E-state index is 13.6. The molecule has 0 spiro atoms. The summed E-state index contributed by atoms with van der Waals surface area (Å²) in [4.78, 5) is 13.6. The minimum Gasteiger partial charge on any atom is -0.493 e. The Morgan fingerprint density at radius 2 is 1.64 bits per heavy atom. The van der Waals surface area contributed by atoms with E-state index in [0.717, 1.165) is 45.9 Å². The molecule has 1 aliphatic heterocycles. The summed E-state index contributed by atoms with van der Waals surface area (Å²) in [6.07, 6.45) is 1.20. The molecule has 0 saturated heterocycles. The molecular formula is C28H28N2O3. The maximum absolute atomic E-state index is 13.6. The van der Waals surface area contributed by atoms with Gasteiger partial charge in [0.1, 0.15) is 0 Å². The number of carbonyl (C=O) groups excluding carboxylic acids is 1. The molecule has 0 aromatic heterocycles. The van der Waals surface area contributed by atoms with Crippen LogP contribution < -0.4 is 20.1 Å². The Hall–Kier alpha value is -3.73. The van der Waals surface area contributed by atoms with Crippen LogP contribution in [0.3, 0.4) is 0 Å². The fourth-order valence-corrected chi connectivity index (χ4v) is 4.84. The van der Waals surface area contributed by atoms with Gasteiger partial charge in [-0.3, -0.25) is 4.79 Å². The van der Waals surface area contributed by atoms with E-state index in [1.54, 1.807) is 7.11 Å². The number of allylic oxidation sites excluding steroid dienone is 1. The lowest BCUT2D eigenvalue weighted by Gasteiger charge is -2.30. The first kappa shape index (κ1) is 21.1. The van der Waals surface area contributed by atoms with Crippen LogP contribution in [0.4, 0.5) is 11.4 Å². The van der Waals surface area contributed by atoms with E-state index in [1.807, 2.05) is 55.5 Å². The normalized spacial score (nSPS) is 19.5. The predicted octanol–water partition coefficient (Wildman–Crippen LogP) is 6.07. The fourth-order valence-electron chi connectivity index (χ4n) is 4.84. The minimum atomic E-state index is -0.194. The van der Waals surface area contributed by atoms with E-state index in [0.29, 0.717) is 18.8 Å². The Morgan fingerprint density at radius 3 is 2.39 bits per heavy atom. The van der Waals surface area contributed by atoms with Crippen molar-refractivity contribution in [2.24, 2.45) is 0 Å². The molecule has 3 aromatic rings. The molecule has 2 N–H and O–H groups in total. The van der Waals surface area contributed by atoms with Gasteiger partial charge in [0, 0.05) is 17.7 Å². The molecule has 5 nitrogen and oxygen atoms in total. The second kappa shape index (κ2) is 9.02. The molecule has 3 aromatic carbocycles. The van der Waals surface area contributed by atoms with Crippen molar-refractivity contribution in [3.05, 3.63) is 95.2 Å². The molecule has 0 fully saturated rings. The maximum Gasteiger partial charge on any atom is 0.163 e. The van der Waals surface area contributed by atoms with Crippen LogP contribution in [0.1, 0.15) is 42.9 Å². The van der Waals surface area contributed by atoms with Crippen molar-refractivity contribution < 1.29 is 14.3 Å². The predicted molar refractivity (Wildman–Crippen MR) is 131 cm³/mol. The van der Waals surface area contributed by atoms with Gasteiger partial charge in [-0.15, -0.1) is 0 Å². The molecule has 1 heterocycles. The van der Waals surface area contributed by atoms with Crippen LogP contribution >= 0.6 is 0 Å². The number of carbonyl (C=O) groups is 1. The zero-order valence-electron chi connectivity index (χ0n) is 18.9. The van der Waals surface area contributed by atoms with Crippen molar-refractivity contribution in [1.29, 1.82) is 0 Å². The topological polar surface area (TPSA) is 59.6 Å². The number of nitrogens with one attached hydrogen (secondary N) is 2. The monoisotopic (exact) mass is 440 g/mol. The van der Waals surface area contributed by atoms with E-state index in [9.17, 15) is 4.79 Å². The van der Waals surface area contributed by atoms with Crippen LogP contribution in [-0.2, 0) is 4.79 Å². The van der Waals surface area contributed by atoms with Crippen LogP contribution in [0, 0.1) is 0 Å². The summed E-state index contributed by atoms with van der Waals surface area (Å²) < 4.78 is 11.2. The molecule has 2 atom stereocenters. The van der Waals surface area contributed by atoms with Gasteiger partial charge in [0.25, 0.3) is 0 Å². The number of ether oxygens (including phenoxy) is 2. The minimum absolute atomic E-state index is 0.0648. The highest BCUT2D eigenvalue weighted by Crippen LogP contribution is 2.45. The molecule has 0 bridgehead atoms. The highest BCUT2D eigenvalue weighted by molar-refractivity contribution is 6.01. The number of fused-ring (bicyclic) bond motifs is 1. The number of para-hydroxylation sites is 2. The zero-order chi connectivity index (χ0) is 22.8. The van der Waals surface area contributed by atoms with E-state index in [2.05, 4.69) is 34.9 Å². The van der Waals surface area contributed by atoms with E-state index in [-0.39, 0.29) is 17.7 Å². The Kier molecular flexibility index (Phi) is 5.78. The number of anilines is 2. The van der Waals surface area contributed by atoms with Crippen molar-refractivity contribution in [3.63, 3.8) is 0 Å². The zero-order valence-corrected chi connectivity index (χ0v) is 18.9. The van der Waals surface area contributed by atoms with Gasteiger partial charge < -0.3 is 20.1 Å². The lowest BCUT2D eigenvalue weighted by Crippen LogP contribution is -2.26. The van der Waals surface area contributed by atoms with Gasteiger partial charge in [-0.05, 0) is 54.7 Å². The Morgan fingerprint density at radius 1 is 0.879 bits per heavy atom. The molecule has 0 saturated carbocycles. The number of Topliss-reactive ketones (excluding diaryl/α,β-unsaturated/α-hetero) is 1. The number of ketones is 1. The van der Waals surface area contributed by atoms with E-state index < -0.39 is 0 Å². The van der Waals surface area contributed by atoms with Crippen LogP contribution in [0.15, 0.2) is 84.1 Å². The summed E-state index contributed by atoms with van der Waals surface area (Å²) >= 11 is 0. The summed E-state index contributed by atoms with van der Waals surface area (Å²) in [6, 6.07) is 24.1. The lowest BCUT2D eigenvalue weighted by molar-refractivity contribution is -0.116. The highest BCUT2D eigenvalue weighted by Gasteiger charge is 2.36. The average molecular weight is 441 g/mol. The Labute approximate surface area is 194 Å². The molecule has 5 heteroatoms. The molecular weight excluding hydrogens is 412 g/mol. The largest absolute Gasteiger partial charge is 0.493 e.